The number of Topliss-reactive ketones (excluding diaryl/α,β-unsaturated/α-hetero) is 1. The van der Waals surface area contributed by atoms with Crippen molar-refractivity contribution >= 4 is 44.1 Å². The molecule has 1 aromatic heterocycles. The Bertz CT molecular complexity index is 1560. The molecular weight excluding hydrogens is 516 g/mol. The van der Waals surface area contributed by atoms with Crippen molar-refractivity contribution in [3.8, 4) is 17.2 Å². The van der Waals surface area contributed by atoms with Crippen LogP contribution in [0, 0.1) is 0 Å². The Balaban J connectivity index is 1.70. The van der Waals surface area contributed by atoms with E-state index in [1.54, 1.807) is 61.7 Å². The van der Waals surface area contributed by atoms with E-state index < -0.39 is 17.7 Å². The zero-order valence-electron chi connectivity index (χ0n) is 21.8. The van der Waals surface area contributed by atoms with Crippen molar-refractivity contribution in [3.63, 3.8) is 0 Å². The number of aliphatic hydroxyl groups excluding tert-OH is 1. The number of aromatic nitrogens is 1. The zero-order chi connectivity index (χ0) is 27.5. The fourth-order valence-corrected chi connectivity index (χ4v) is 5.53. The number of thiazole rings is 1. The molecule has 1 amide bonds. The van der Waals surface area contributed by atoms with Crippen LogP contribution in [0.5, 0.6) is 17.2 Å². The predicted octanol–water partition coefficient (Wildman–Crippen LogP) is 6.12. The van der Waals surface area contributed by atoms with Gasteiger partial charge in [0.15, 0.2) is 16.6 Å². The highest BCUT2D eigenvalue weighted by Gasteiger charge is 2.48. The van der Waals surface area contributed by atoms with Gasteiger partial charge >= 0.3 is 5.91 Å². The molecule has 1 atom stereocenters. The molecule has 1 fully saturated rings. The van der Waals surface area contributed by atoms with Gasteiger partial charge in [-0.25, -0.2) is 4.98 Å². The highest BCUT2D eigenvalue weighted by molar-refractivity contribution is 7.22. The SMILES string of the molecule is CCCOc1ccc(C2/C(=C(\O)c3ccccc3)C(=O)C(=O)N2c2nc3ccc(OC)cc3s2)cc1OCC. The lowest BCUT2D eigenvalue weighted by Gasteiger charge is -2.24. The predicted molar refractivity (Wildman–Crippen MR) is 151 cm³/mol. The molecule has 8 nitrogen and oxygen atoms in total. The largest absolute Gasteiger partial charge is 0.507 e. The molecule has 0 bridgehead atoms. The number of aliphatic hydroxyl groups is 1. The van der Waals surface area contributed by atoms with E-state index in [4.69, 9.17) is 14.2 Å². The van der Waals surface area contributed by atoms with Crippen LogP contribution in [0.4, 0.5) is 5.13 Å². The first kappa shape index (κ1) is 26.2. The average molecular weight is 545 g/mol. The van der Waals surface area contributed by atoms with E-state index in [0.29, 0.717) is 52.2 Å². The van der Waals surface area contributed by atoms with Crippen molar-refractivity contribution in [1.82, 2.24) is 4.98 Å². The maximum atomic E-state index is 13.6. The van der Waals surface area contributed by atoms with Crippen molar-refractivity contribution in [2.75, 3.05) is 25.2 Å². The molecule has 1 saturated heterocycles. The Morgan fingerprint density at radius 1 is 1.00 bits per heavy atom. The van der Waals surface area contributed by atoms with Crippen LogP contribution in [0.15, 0.2) is 72.3 Å². The van der Waals surface area contributed by atoms with Crippen LogP contribution in [0.1, 0.15) is 37.4 Å². The van der Waals surface area contributed by atoms with Gasteiger partial charge in [0.1, 0.15) is 11.5 Å². The van der Waals surface area contributed by atoms with Crippen molar-refractivity contribution in [1.29, 1.82) is 0 Å². The Hall–Kier alpha value is -4.37. The van der Waals surface area contributed by atoms with Gasteiger partial charge in [-0.1, -0.05) is 54.7 Å². The summed E-state index contributed by atoms with van der Waals surface area (Å²) in [5, 5.41) is 11.7. The molecule has 0 radical (unpaired) electrons. The molecule has 4 aromatic rings. The third kappa shape index (κ3) is 4.93. The van der Waals surface area contributed by atoms with Gasteiger partial charge in [-0.2, -0.15) is 0 Å². The minimum absolute atomic E-state index is 0.0206. The highest BCUT2D eigenvalue weighted by Crippen LogP contribution is 2.46. The Morgan fingerprint density at radius 3 is 2.51 bits per heavy atom. The lowest BCUT2D eigenvalue weighted by atomic mass is 9.95. The fourth-order valence-electron chi connectivity index (χ4n) is 4.51. The van der Waals surface area contributed by atoms with E-state index in [1.807, 2.05) is 26.0 Å². The standard InChI is InChI=1S/C30H28N2O6S/c1-4-15-38-22-14-11-19(16-23(22)37-5-2)26-25(27(33)18-9-7-6-8-10-18)28(34)29(35)32(26)30-31-21-13-12-20(36-3)17-24(21)39-30/h6-14,16-17,26,33H,4-5,15H2,1-3H3/b27-25+. The third-order valence-electron chi connectivity index (χ3n) is 6.33. The van der Waals surface area contributed by atoms with Crippen LogP contribution in [-0.4, -0.2) is 42.1 Å². The quantitative estimate of drug-likeness (QED) is 0.154. The number of rotatable bonds is 9. The monoisotopic (exact) mass is 544 g/mol. The van der Waals surface area contributed by atoms with E-state index in [2.05, 4.69) is 4.98 Å². The molecule has 200 valence electrons. The zero-order valence-corrected chi connectivity index (χ0v) is 22.7. The number of methoxy groups -OCH3 is 1. The molecule has 3 aromatic carbocycles. The maximum absolute atomic E-state index is 13.6. The van der Waals surface area contributed by atoms with Crippen LogP contribution < -0.4 is 19.1 Å². The van der Waals surface area contributed by atoms with Gasteiger partial charge in [0, 0.05) is 5.56 Å². The molecule has 5 rings (SSSR count). The molecule has 1 aliphatic heterocycles. The van der Waals surface area contributed by atoms with Gasteiger partial charge in [-0.05, 0) is 49.2 Å². The summed E-state index contributed by atoms with van der Waals surface area (Å²) in [6, 6.07) is 18.5. The van der Waals surface area contributed by atoms with Gasteiger partial charge < -0.3 is 19.3 Å². The number of ketones is 1. The van der Waals surface area contributed by atoms with Crippen molar-refractivity contribution < 1.29 is 28.9 Å². The molecule has 0 aliphatic carbocycles. The number of carbonyl (C=O) groups is 2. The lowest BCUT2D eigenvalue weighted by Crippen LogP contribution is -2.29. The molecular formula is C30H28N2O6S. The maximum Gasteiger partial charge on any atom is 0.301 e. The van der Waals surface area contributed by atoms with Crippen molar-refractivity contribution in [2.24, 2.45) is 0 Å². The molecule has 1 aliphatic rings. The van der Waals surface area contributed by atoms with Crippen molar-refractivity contribution in [2.45, 2.75) is 26.3 Å². The molecule has 1 unspecified atom stereocenters. The third-order valence-corrected chi connectivity index (χ3v) is 7.34. The summed E-state index contributed by atoms with van der Waals surface area (Å²) in [5.74, 6) is -0.106. The van der Waals surface area contributed by atoms with Crippen LogP contribution in [0.3, 0.4) is 0 Å². The van der Waals surface area contributed by atoms with Gasteiger partial charge in [-0.15, -0.1) is 0 Å². The Kier molecular flexibility index (Phi) is 7.51. The topological polar surface area (TPSA) is 98.2 Å². The summed E-state index contributed by atoms with van der Waals surface area (Å²) >= 11 is 1.27. The number of hydrogen-bond acceptors (Lipinski definition) is 8. The number of fused-ring (bicyclic) bond motifs is 1. The van der Waals surface area contributed by atoms with E-state index in [9.17, 15) is 14.7 Å². The smallest absolute Gasteiger partial charge is 0.301 e. The molecule has 0 spiro atoms. The summed E-state index contributed by atoms with van der Waals surface area (Å²) in [5.41, 5.74) is 1.66. The summed E-state index contributed by atoms with van der Waals surface area (Å²) in [7, 11) is 1.58. The number of amides is 1. The van der Waals surface area contributed by atoms with E-state index >= 15 is 0 Å². The van der Waals surface area contributed by atoms with Gasteiger partial charge in [0.25, 0.3) is 5.78 Å². The van der Waals surface area contributed by atoms with Gasteiger partial charge in [0.05, 0.1) is 42.2 Å². The van der Waals surface area contributed by atoms with Crippen LogP contribution in [-0.2, 0) is 9.59 Å². The second kappa shape index (κ2) is 11.2. The molecule has 1 N–H and O–H groups in total. The van der Waals surface area contributed by atoms with E-state index in [-0.39, 0.29) is 11.3 Å². The van der Waals surface area contributed by atoms with Gasteiger partial charge in [-0.3, -0.25) is 14.5 Å². The summed E-state index contributed by atoms with van der Waals surface area (Å²) < 4.78 is 17.9. The average Bonchev–Trinajstić information content (AvgIpc) is 3.50. The number of carbonyl (C=O) groups excluding carboxylic acids is 2. The first-order valence-electron chi connectivity index (χ1n) is 12.7. The van der Waals surface area contributed by atoms with Gasteiger partial charge in [0.2, 0.25) is 0 Å². The normalized spacial score (nSPS) is 16.6. The Labute approximate surface area is 230 Å². The molecule has 9 heteroatoms. The van der Waals surface area contributed by atoms with Crippen LogP contribution >= 0.6 is 11.3 Å². The summed E-state index contributed by atoms with van der Waals surface area (Å²) in [4.78, 5) is 33.1. The number of anilines is 1. The highest BCUT2D eigenvalue weighted by atomic mass is 32.1. The second-order valence-corrected chi connectivity index (χ2v) is 9.86. The number of nitrogens with zero attached hydrogens (tertiary/aromatic N) is 2. The number of benzene rings is 3. The number of ether oxygens (including phenoxy) is 3. The molecule has 0 saturated carbocycles. The van der Waals surface area contributed by atoms with Crippen LogP contribution in [0.2, 0.25) is 0 Å². The molecule has 2 heterocycles. The lowest BCUT2D eigenvalue weighted by molar-refractivity contribution is -0.132. The molecule has 39 heavy (non-hydrogen) atoms. The summed E-state index contributed by atoms with van der Waals surface area (Å²) in [6.07, 6.45) is 0.826. The fraction of sp³-hybridized carbons (Fsp3) is 0.233. The van der Waals surface area contributed by atoms with Crippen molar-refractivity contribution in [3.05, 3.63) is 83.4 Å². The second-order valence-electron chi connectivity index (χ2n) is 8.85. The minimum Gasteiger partial charge on any atom is -0.507 e. The first-order chi connectivity index (χ1) is 19.0. The Morgan fingerprint density at radius 2 is 1.79 bits per heavy atom. The first-order valence-corrected chi connectivity index (χ1v) is 13.5. The summed E-state index contributed by atoms with van der Waals surface area (Å²) in [6.45, 7) is 4.80. The van der Waals surface area contributed by atoms with E-state index in [1.165, 1.54) is 16.2 Å². The minimum atomic E-state index is -0.938. The van der Waals surface area contributed by atoms with E-state index in [0.717, 1.165) is 11.1 Å². The number of hydrogen-bond donors (Lipinski definition) is 1. The van der Waals surface area contributed by atoms with Crippen LogP contribution in [0.25, 0.3) is 16.0 Å².